The molecule has 2 aliphatic heterocycles. The van der Waals surface area contributed by atoms with E-state index >= 15 is 0 Å². The van der Waals surface area contributed by atoms with Crippen LogP contribution in [0.5, 0.6) is 0 Å². The summed E-state index contributed by atoms with van der Waals surface area (Å²) >= 11 is 0. The molecule has 0 aliphatic carbocycles. The van der Waals surface area contributed by atoms with Crippen molar-refractivity contribution in [1.82, 2.24) is 15.1 Å². The molecule has 2 heterocycles. The second kappa shape index (κ2) is 6.17. The van der Waals surface area contributed by atoms with Gasteiger partial charge in [-0.15, -0.1) is 0 Å². The monoisotopic (exact) mass is 239 g/mol. The van der Waals surface area contributed by atoms with E-state index in [1.54, 1.807) is 0 Å². The Labute approximate surface area is 107 Å². The van der Waals surface area contributed by atoms with Gasteiger partial charge in [0, 0.05) is 44.8 Å². The van der Waals surface area contributed by atoms with Gasteiger partial charge in [0.2, 0.25) is 0 Å². The maximum atomic E-state index is 3.52. The van der Waals surface area contributed by atoms with Crippen LogP contribution in [0.1, 0.15) is 33.6 Å². The molecule has 2 rings (SSSR count). The lowest BCUT2D eigenvalue weighted by molar-refractivity contribution is 0.132. The highest BCUT2D eigenvalue weighted by molar-refractivity contribution is 4.85. The van der Waals surface area contributed by atoms with Crippen molar-refractivity contribution in [3.63, 3.8) is 0 Å². The average Bonchev–Trinajstić information content (AvgIpc) is 2.78. The molecule has 0 amide bonds. The summed E-state index contributed by atoms with van der Waals surface area (Å²) in [6.07, 6.45) is 2.69. The summed E-state index contributed by atoms with van der Waals surface area (Å²) < 4.78 is 0. The maximum absolute atomic E-state index is 3.52. The second-order valence-corrected chi connectivity index (χ2v) is 6.00. The number of nitrogens with one attached hydrogen (secondary N) is 1. The van der Waals surface area contributed by atoms with Crippen molar-refractivity contribution in [3.8, 4) is 0 Å². The fourth-order valence-corrected chi connectivity index (χ4v) is 3.26. The van der Waals surface area contributed by atoms with Gasteiger partial charge in [-0.1, -0.05) is 6.92 Å². The van der Waals surface area contributed by atoms with Crippen LogP contribution in [0.3, 0.4) is 0 Å². The first-order valence-corrected chi connectivity index (χ1v) is 7.39. The first kappa shape index (κ1) is 13.3. The van der Waals surface area contributed by atoms with Crippen molar-refractivity contribution in [1.29, 1.82) is 0 Å². The smallest absolute Gasteiger partial charge is 0.0218 e. The van der Waals surface area contributed by atoms with Gasteiger partial charge in [0.05, 0.1) is 0 Å². The quantitative estimate of drug-likeness (QED) is 0.800. The Morgan fingerprint density at radius 2 is 2.12 bits per heavy atom. The molecule has 100 valence electrons. The van der Waals surface area contributed by atoms with Crippen LogP contribution in [-0.4, -0.2) is 61.2 Å². The molecule has 17 heavy (non-hydrogen) atoms. The Balaban J connectivity index is 1.80. The average molecular weight is 239 g/mol. The molecular formula is C14H29N3. The van der Waals surface area contributed by atoms with Crippen molar-refractivity contribution >= 4 is 0 Å². The van der Waals surface area contributed by atoms with Crippen LogP contribution in [0.25, 0.3) is 0 Å². The third-order valence-corrected chi connectivity index (χ3v) is 4.48. The molecule has 0 saturated carbocycles. The minimum atomic E-state index is 0.727. The Morgan fingerprint density at radius 1 is 1.29 bits per heavy atom. The highest BCUT2D eigenvalue weighted by Gasteiger charge is 2.28. The zero-order valence-electron chi connectivity index (χ0n) is 11.8. The lowest BCUT2D eigenvalue weighted by Crippen LogP contribution is -2.52. The van der Waals surface area contributed by atoms with E-state index in [0.29, 0.717) is 0 Å². The lowest BCUT2D eigenvalue weighted by atomic mass is 10.0. The highest BCUT2D eigenvalue weighted by Crippen LogP contribution is 2.21. The molecular weight excluding hydrogens is 210 g/mol. The zero-order chi connectivity index (χ0) is 12.3. The van der Waals surface area contributed by atoms with Crippen LogP contribution >= 0.6 is 0 Å². The summed E-state index contributed by atoms with van der Waals surface area (Å²) in [6, 6.07) is 1.50. The molecule has 3 nitrogen and oxygen atoms in total. The van der Waals surface area contributed by atoms with Crippen molar-refractivity contribution in [2.45, 2.75) is 45.7 Å². The van der Waals surface area contributed by atoms with Gasteiger partial charge < -0.3 is 10.2 Å². The molecule has 0 aromatic carbocycles. The molecule has 0 aromatic rings. The van der Waals surface area contributed by atoms with Crippen molar-refractivity contribution in [2.75, 3.05) is 39.3 Å². The number of likely N-dealkylation sites (tertiary alicyclic amines) is 1. The topological polar surface area (TPSA) is 18.5 Å². The van der Waals surface area contributed by atoms with Crippen LogP contribution in [0.2, 0.25) is 0 Å². The SMILES string of the molecule is CCC1CNCCN1CC1CCN(C(C)C)C1. The Kier molecular flexibility index (Phi) is 4.83. The molecule has 3 heteroatoms. The third-order valence-electron chi connectivity index (χ3n) is 4.48. The molecule has 2 aliphatic rings. The van der Waals surface area contributed by atoms with Gasteiger partial charge in [-0.05, 0) is 39.2 Å². The summed E-state index contributed by atoms with van der Waals surface area (Å²) in [5.74, 6) is 0.907. The van der Waals surface area contributed by atoms with E-state index in [1.807, 2.05) is 0 Å². The van der Waals surface area contributed by atoms with Gasteiger partial charge in [-0.3, -0.25) is 4.90 Å². The van der Waals surface area contributed by atoms with Gasteiger partial charge in [-0.2, -0.15) is 0 Å². The molecule has 2 unspecified atom stereocenters. The largest absolute Gasteiger partial charge is 0.314 e. The van der Waals surface area contributed by atoms with Gasteiger partial charge in [0.1, 0.15) is 0 Å². The van der Waals surface area contributed by atoms with Gasteiger partial charge in [-0.25, -0.2) is 0 Å². The molecule has 0 radical (unpaired) electrons. The standard InChI is InChI=1S/C14H29N3/c1-4-14-9-15-6-8-17(14)11-13-5-7-16(10-13)12(2)3/h12-15H,4-11H2,1-3H3. The maximum Gasteiger partial charge on any atom is 0.0218 e. The van der Waals surface area contributed by atoms with Crippen LogP contribution in [-0.2, 0) is 0 Å². The van der Waals surface area contributed by atoms with E-state index in [9.17, 15) is 0 Å². The van der Waals surface area contributed by atoms with E-state index in [2.05, 4.69) is 35.9 Å². The minimum absolute atomic E-state index is 0.727. The summed E-state index contributed by atoms with van der Waals surface area (Å²) in [6.45, 7) is 14.5. The summed E-state index contributed by atoms with van der Waals surface area (Å²) in [5.41, 5.74) is 0. The normalized spacial score (nSPS) is 32.5. The molecule has 0 aromatic heterocycles. The molecule has 2 atom stereocenters. The number of nitrogens with zero attached hydrogens (tertiary/aromatic N) is 2. The van der Waals surface area contributed by atoms with E-state index in [-0.39, 0.29) is 0 Å². The first-order valence-electron chi connectivity index (χ1n) is 7.39. The van der Waals surface area contributed by atoms with Crippen LogP contribution in [0.15, 0.2) is 0 Å². The number of hydrogen-bond donors (Lipinski definition) is 1. The zero-order valence-corrected chi connectivity index (χ0v) is 11.8. The second-order valence-electron chi connectivity index (χ2n) is 6.00. The van der Waals surface area contributed by atoms with Crippen molar-refractivity contribution in [3.05, 3.63) is 0 Å². The molecule has 2 fully saturated rings. The van der Waals surface area contributed by atoms with Gasteiger partial charge >= 0.3 is 0 Å². The number of piperazine rings is 1. The minimum Gasteiger partial charge on any atom is -0.314 e. The Hall–Kier alpha value is -0.120. The molecule has 1 N–H and O–H groups in total. The van der Waals surface area contributed by atoms with E-state index in [1.165, 1.54) is 52.1 Å². The summed E-state index contributed by atoms with van der Waals surface area (Å²) in [5, 5.41) is 3.52. The van der Waals surface area contributed by atoms with Gasteiger partial charge in [0.15, 0.2) is 0 Å². The first-order chi connectivity index (χ1) is 8.20. The predicted molar refractivity (Wildman–Crippen MR) is 73.3 cm³/mol. The van der Waals surface area contributed by atoms with Crippen LogP contribution in [0.4, 0.5) is 0 Å². The van der Waals surface area contributed by atoms with E-state index in [4.69, 9.17) is 0 Å². The van der Waals surface area contributed by atoms with Crippen LogP contribution < -0.4 is 5.32 Å². The summed E-state index contributed by atoms with van der Waals surface area (Å²) in [7, 11) is 0. The van der Waals surface area contributed by atoms with Crippen molar-refractivity contribution in [2.24, 2.45) is 5.92 Å². The molecule has 0 bridgehead atoms. The van der Waals surface area contributed by atoms with Gasteiger partial charge in [0.25, 0.3) is 0 Å². The molecule has 0 spiro atoms. The van der Waals surface area contributed by atoms with Crippen LogP contribution in [0, 0.1) is 5.92 Å². The number of rotatable bonds is 4. The van der Waals surface area contributed by atoms with E-state index in [0.717, 1.165) is 18.0 Å². The molecule has 2 saturated heterocycles. The fraction of sp³-hybridized carbons (Fsp3) is 1.00. The number of hydrogen-bond acceptors (Lipinski definition) is 3. The summed E-state index contributed by atoms with van der Waals surface area (Å²) in [4.78, 5) is 5.36. The predicted octanol–water partition coefficient (Wildman–Crippen LogP) is 1.40. The third kappa shape index (κ3) is 3.43. The van der Waals surface area contributed by atoms with E-state index < -0.39 is 0 Å². The lowest BCUT2D eigenvalue weighted by Gasteiger charge is -2.37. The fourth-order valence-electron chi connectivity index (χ4n) is 3.26. The highest BCUT2D eigenvalue weighted by atomic mass is 15.2. The Bertz CT molecular complexity index is 230. The van der Waals surface area contributed by atoms with Crippen molar-refractivity contribution < 1.29 is 0 Å². The Morgan fingerprint density at radius 3 is 2.76 bits per heavy atom.